The van der Waals surface area contributed by atoms with Crippen molar-refractivity contribution >= 4 is 6.29 Å². The first-order valence-electron chi connectivity index (χ1n) is 5.50. The molecule has 0 heterocycles. The molecule has 2 rings (SSSR count). The molecule has 0 fully saturated rings. The fourth-order valence-electron chi connectivity index (χ4n) is 1.67. The highest BCUT2D eigenvalue weighted by Gasteiger charge is 2.32. The number of aldehydes is 1. The Morgan fingerprint density at radius 2 is 1.55 bits per heavy atom. The van der Waals surface area contributed by atoms with Gasteiger partial charge < -0.3 is 4.74 Å². The molecule has 0 amide bonds. The molecule has 2 aromatic carbocycles. The van der Waals surface area contributed by atoms with E-state index >= 15 is 0 Å². The Morgan fingerprint density at radius 1 is 0.950 bits per heavy atom. The molecule has 0 bridgehead atoms. The second kappa shape index (κ2) is 5.32. The summed E-state index contributed by atoms with van der Waals surface area (Å²) in [4.78, 5) is 10.7. The number of hydrogen-bond donors (Lipinski definition) is 0. The average molecular weight is 284 g/mol. The van der Waals surface area contributed by atoms with Gasteiger partial charge in [0, 0.05) is 0 Å². The monoisotopic (exact) mass is 284 g/mol. The van der Waals surface area contributed by atoms with Gasteiger partial charge in [0.1, 0.15) is 11.6 Å². The van der Waals surface area contributed by atoms with Crippen molar-refractivity contribution in [1.29, 1.82) is 0 Å². The van der Waals surface area contributed by atoms with Crippen molar-refractivity contribution in [2.75, 3.05) is 0 Å². The van der Waals surface area contributed by atoms with Crippen LogP contribution in [0.2, 0.25) is 0 Å². The minimum atomic E-state index is -4.89. The van der Waals surface area contributed by atoms with Crippen molar-refractivity contribution in [3.05, 3.63) is 53.8 Å². The van der Waals surface area contributed by atoms with Crippen LogP contribution in [0, 0.1) is 5.82 Å². The maximum absolute atomic E-state index is 12.8. The van der Waals surface area contributed by atoms with Crippen LogP contribution in [0.4, 0.5) is 17.6 Å². The lowest BCUT2D eigenvalue weighted by Crippen LogP contribution is -2.18. The molecule has 0 unspecified atom stereocenters. The molecular weight excluding hydrogens is 276 g/mol. The Bertz CT molecular complexity index is 618. The van der Waals surface area contributed by atoms with Crippen molar-refractivity contribution in [3.63, 3.8) is 0 Å². The lowest BCUT2D eigenvalue weighted by molar-refractivity contribution is -0.274. The van der Waals surface area contributed by atoms with Crippen LogP contribution in [0.15, 0.2) is 42.5 Å². The van der Waals surface area contributed by atoms with Gasteiger partial charge in [0.15, 0.2) is 6.29 Å². The highest BCUT2D eigenvalue weighted by Crippen LogP contribution is 2.30. The SMILES string of the molecule is O=Cc1ccc(-c2ccc(F)cc2)cc1OC(F)(F)F. The minimum absolute atomic E-state index is 0.215. The zero-order valence-corrected chi connectivity index (χ0v) is 9.95. The fraction of sp³-hybridized carbons (Fsp3) is 0.0714. The number of halogens is 4. The number of alkyl halides is 3. The zero-order chi connectivity index (χ0) is 14.8. The number of benzene rings is 2. The molecule has 2 nitrogen and oxygen atoms in total. The van der Waals surface area contributed by atoms with E-state index in [-0.39, 0.29) is 11.8 Å². The summed E-state index contributed by atoms with van der Waals surface area (Å²) in [6.07, 6.45) is -4.62. The summed E-state index contributed by atoms with van der Waals surface area (Å²) in [6, 6.07) is 8.98. The Balaban J connectivity index is 2.43. The highest BCUT2D eigenvalue weighted by atomic mass is 19.4. The maximum atomic E-state index is 12.8. The number of hydrogen-bond acceptors (Lipinski definition) is 2. The van der Waals surface area contributed by atoms with Crippen molar-refractivity contribution in [1.82, 2.24) is 0 Å². The van der Waals surface area contributed by atoms with Crippen LogP contribution in [0.5, 0.6) is 5.75 Å². The van der Waals surface area contributed by atoms with Gasteiger partial charge in [-0.2, -0.15) is 0 Å². The van der Waals surface area contributed by atoms with Crippen LogP contribution >= 0.6 is 0 Å². The molecule has 0 aromatic heterocycles. The van der Waals surface area contributed by atoms with Gasteiger partial charge in [0.25, 0.3) is 0 Å². The molecule has 0 radical (unpaired) electrons. The van der Waals surface area contributed by atoms with Gasteiger partial charge >= 0.3 is 6.36 Å². The third-order valence-corrected chi connectivity index (χ3v) is 2.54. The molecule has 20 heavy (non-hydrogen) atoms. The van der Waals surface area contributed by atoms with Gasteiger partial charge in [-0.3, -0.25) is 4.79 Å². The Labute approximate surface area is 111 Å². The van der Waals surface area contributed by atoms with Crippen LogP contribution in [0.25, 0.3) is 11.1 Å². The van der Waals surface area contributed by atoms with Crippen molar-refractivity contribution in [3.8, 4) is 16.9 Å². The van der Waals surface area contributed by atoms with E-state index in [2.05, 4.69) is 4.74 Å². The average Bonchev–Trinajstić information content (AvgIpc) is 2.37. The molecule has 2 aromatic rings. The van der Waals surface area contributed by atoms with Gasteiger partial charge in [0.05, 0.1) is 5.56 Å². The smallest absolute Gasteiger partial charge is 0.405 e. The number of carbonyl (C=O) groups excluding carboxylic acids is 1. The van der Waals surface area contributed by atoms with Gasteiger partial charge in [-0.25, -0.2) is 4.39 Å². The third-order valence-electron chi connectivity index (χ3n) is 2.54. The second-order valence-corrected chi connectivity index (χ2v) is 3.93. The van der Waals surface area contributed by atoms with E-state index in [0.29, 0.717) is 11.1 Å². The summed E-state index contributed by atoms with van der Waals surface area (Å²) in [7, 11) is 0. The quantitative estimate of drug-likeness (QED) is 0.623. The number of carbonyl (C=O) groups is 1. The predicted molar refractivity (Wildman–Crippen MR) is 63.9 cm³/mol. The molecule has 0 saturated heterocycles. The Kier molecular flexibility index (Phi) is 3.74. The summed E-state index contributed by atoms with van der Waals surface area (Å²) in [5.74, 6) is -1.04. The molecule has 0 atom stereocenters. The zero-order valence-electron chi connectivity index (χ0n) is 9.95. The summed E-state index contributed by atoms with van der Waals surface area (Å²) < 4.78 is 53.4. The van der Waals surface area contributed by atoms with E-state index < -0.39 is 17.9 Å². The summed E-state index contributed by atoms with van der Waals surface area (Å²) in [5, 5.41) is 0. The van der Waals surface area contributed by atoms with Crippen LogP contribution in [0.3, 0.4) is 0 Å². The molecule has 6 heteroatoms. The molecular formula is C14H8F4O2. The predicted octanol–water partition coefficient (Wildman–Crippen LogP) is 4.20. The largest absolute Gasteiger partial charge is 0.573 e. The first kappa shape index (κ1) is 14.0. The molecule has 0 aliphatic rings. The van der Waals surface area contributed by atoms with Crippen molar-refractivity contribution in [2.24, 2.45) is 0 Å². The molecule has 0 spiro atoms. The Hall–Kier alpha value is -2.37. The molecule has 0 N–H and O–H groups in total. The topological polar surface area (TPSA) is 26.3 Å². The van der Waals surface area contributed by atoms with Gasteiger partial charge in [0.2, 0.25) is 0 Å². The summed E-state index contributed by atoms with van der Waals surface area (Å²) in [6.45, 7) is 0. The highest BCUT2D eigenvalue weighted by molar-refractivity contribution is 5.81. The van der Waals surface area contributed by atoms with Gasteiger partial charge in [-0.15, -0.1) is 13.2 Å². The van der Waals surface area contributed by atoms with Crippen LogP contribution in [0.1, 0.15) is 10.4 Å². The van der Waals surface area contributed by atoms with Gasteiger partial charge in [-0.1, -0.05) is 18.2 Å². The van der Waals surface area contributed by atoms with Crippen LogP contribution in [-0.4, -0.2) is 12.6 Å². The minimum Gasteiger partial charge on any atom is -0.405 e. The molecule has 0 saturated carbocycles. The van der Waals surface area contributed by atoms with Gasteiger partial charge in [-0.05, 0) is 35.4 Å². The summed E-state index contributed by atoms with van der Waals surface area (Å²) >= 11 is 0. The maximum Gasteiger partial charge on any atom is 0.573 e. The van der Waals surface area contributed by atoms with E-state index in [1.807, 2.05) is 0 Å². The molecule has 104 valence electrons. The summed E-state index contributed by atoms with van der Waals surface area (Å²) in [5.41, 5.74) is 0.680. The number of ether oxygens (including phenoxy) is 1. The van der Waals surface area contributed by atoms with Crippen LogP contribution in [-0.2, 0) is 0 Å². The van der Waals surface area contributed by atoms with Crippen molar-refractivity contribution < 1.29 is 27.1 Å². The number of rotatable bonds is 3. The standard InChI is InChI=1S/C14H8F4O2/c15-12-5-3-9(4-6-12)10-1-2-11(8-19)13(7-10)20-14(16,17)18/h1-8H. The first-order valence-corrected chi connectivity index (χ1v) is 5.50. The lowest BCUT2D eigenvalue weighted by atomic mass is 10.0. The van der Waals surface area contributed by atoms with E-state index in [1.54, 1.807) is 0 Å². The molecule has 0 aliphatic heterocycles. The fourth-order valence-corrected chi connectivity index (χ4v) is 1.67. The first-order chi connectivity index (χ1) is 9.39. The van der Waals surface area contributed by atoms with E-state index in [1.165, 1.54) is 36.4 Å². The third kappa shape index (κ3) is 3.34. The normalized spacial score (nSPS) is 11.2. The van der Waals surface area contributed by atoms with Crippen LogP contribution < -0.4 is 4.74 Å². The Morgan fingerprint density at radius 3 is 2.10 bits per heavy atom. The van der Waals surface area contributed by atoms with Crippen molar-refractivity contribution in [2.45, 2.75) is 6.36 Å². The van der Waals surface area contributed by atoms with E-state index in [4.69, 9.17) is 0 Å². The molecule has 0 aliphatic carbocycles. The van der Waals surface area contributed by atoms with E-state index in [0.717, 1.165) is 6.07 Å². The second-order valence-electron chi connectivity index (χ2n) is 3.93. The van der Waals surface area contributed by atoms with E-state index in [9.17, 15) is 22.4 Å². The lowest BCUT2D eigenvalue weighted by Gasteiger charge is -2.12.